The number of ether oxygens (including phenoxy) is 2. The Morgan fingerprint density at radius 3 is 2.60 bits per heavy atom. The standard InChI is InChI=1S/C17H29NO2/c1-14-8-5-6-9-17(14)20-16(3)11-10-15(2)18-12-7-13-19-4/h5-6,8-9,15-16,18H,7,10-13H2,1-4H3. The first kappa shape index (κ1) is 17.0. The van der Waals surface area contributed by atoms with Crippen molar-refractivity contribution in [3.8, 4) is 5.75 Å². The van der Waals surface area contributed by atoms with Gasteiger partial charge in [-0.25, -0.2) is 0 Å². The van der Waals surface area contributed by atoms with E-state index in [-0.39, 0.29) is 6.10 Å². The minimum atomic E-state index is 0.249. The maximum atomic E-state index is 5.99. The van der Waals surface area contributed by atoms with Gasteiger partial charge >= 0.3 is 0 Å². The monoisotopic (exact) mass is 279 g/mol. The predicted octanol–water partition coefficient (Wildman–Crippen LogP) is 3.56. The van der Waals surface area contributed by atoms with Crippen molar-refractivity contribution in [2.24, 2.45) is 0 Å². The number of nitrogens with one attached hydrogen (secondary N) is 1. The number of hydrogen-bond donors (Lipinski definition) is 1. The summed E-state index contributed by atoms with van der Waals surface area (Å²) in [4.78, 5) is 0. The molecule has 0 saturated heterocycles. The van der Waals surface area contributed by atoms with Gasteiger partial charge in [0.25, 0.3) is 0 Å². The van der Waals surface area contributed by atoms with Gasteiger partial charge in [0.05, 0.1) is 6.10 Å². The predicted molar refractivity (Wildman–Crippen MR) is 84.5 cm³/mol. The maximum Gasteiger partial charge on any atom is 0.122 e. The van der Waals surface area contributed by atoms with Crippen LogP contribution in [0.1, 0.15) is 38.7 Å². The zero-order chi connectivity index (χ0) is 14.8. The number of hydrogen-bond acceptors (Lipinski definition) is 3. The third-order valence-corrected chi connectivity index (χ3v) is 3.45. The Kier molecular flexibility index (Phi) is 8.31. The molecule has 0 fully saturated rings. The Labute approximate surface area is 123 Å². The molecule has 1 aromatic rings. The fourth-order valence-electron chi connectivity index (χ4n) is 2.12. The van der Waals surface area contributed by atoms with Gasteiger partial charge in [0, 0.05) is 19.8 Å². The van der Waals surface area contributed by atoms with E-state index in [1.54, 1.807) is 7.11 Å². The van der Waals surface area contributed by atoms with Crippen molar-refractivity contribution in [2.75, 3.05) is 20.3 Å². The largest absolute Gasteiger partial charge is 0.490 e. The molecule has 0 saturated carbocycles. The van der Waals surface area contributed by atoms with Gasteiger partial charge < -0.3 is 14.8 Å². The van der Waals surface area contributed by atoms with Crippen molar-refractivity contribution in [1.82, 2.24) is 5.32 Å². The Morgan fingerprint density at radius 1 is 1.15 bits per heavy atom. The van der Waals surface area contributed by atoms with Crippen molar-refractivity contribution in [2.45, 2.75) is 52.2 Å². The van der Waals surface area contributed by atoms with Crippen LogP contribution in [0.3, 0.4) is 0 Å². The first-order chi connectivity index (χ1) is 9.63. The van der Waals surface area contributed by atoms with E-state index in [0.717, 1.165) is 38.2 Å². The van der Waals surface area contributed by atoms with Crippen molar-refractivity contribution in [3.63, 3.8) is 0 Å². The van der Waals surface area contributed by atoms with Crippen LogP contribution >= 0.6 is 0 Å². The minimum Gasteiger partial charge on any atom is -0.490 e. The van der Waals surface area contributed by atoms with Crippen LogP contribution in [0.25, 0.3) is 0 Å². The van der Waals surface area contributed by atoms with E-state index >= 15 is 0 Å². The van der Waals surface area contributed by atoms with Crippen LogP contribution in [0.5, 0.6) is 5.75 Å². The number of methoxy groups -OCH3 is 1. The van der Waals surface area contributed by atoms with E-state index in [1.807, 2.05) is 18.2 Å². The molecule has 0 aliphatic carbocycles. The molecular weight excluding hydrogens is 250 g/mol. The third-order valence-electron chi connectivity index (χ3n) is 3.45. The summed E-state index contributed by atoms with van der Waals surface area (Å²) in [5.74, 6) is 1.00. The second kappa shape index (κ2) is 9.78. The van der Waals surface area contributed by atoms with E-state index in [0.29, 0.717) is 6.04 Å². The highest BCUT2D eigenvalue weighted by Gasteiger charge is 2.08. The highest BCUT2D eigenvalue weighted by molar-refractivity contribution is 5.31. The molecule has 3 nitrogen and oxygen atoms in total. The molecule has 114 valence electrons. The van der Waals surface area contributed by atoms with Crippen LogP contribution in [0.4, 0.5) is 0 Å². The van der Waals surface area contributed by atoms with Crippen LogP contribution in [0.2, 0.25) is 0 Å². The van der Waals surface area contributed by atoms with Crippen LogP contribution in [0, 0.1) is 6.92 Å². The highest BCUT2D eigenvalue weighted by atomic mass is 16.5. The van der Waals surface area contributed by atoms with Crippen molar-refractivity contribution >= 4 is 0 Å². The first-order valence-electron chi connectivity index (χ1n) is 7.58. The van der Waals surface area contributed by atoms with Gasteiger partial charge in [0.1, 0.15) is 5.75 Å². The van der Waals surface area contributed by atoms with E-state index in [4.69, 9.17) is 9.47 Å². The average Bonchev–Trinajstić information content (AvgIpc) is 2.44. The molecular formula is C17H29NO2. The second-order valence-corrected chi connectivity index (χ2v) is 5.47. The van der Waals surface area contributed by atoms with Crippen molar-refractivity contribution in [3.05, 3.63) is 29.8 Å². The molecule has 0 aliphatic heterocycles. The summed E-state index contributed by atoms with van der Waals surface area (Å²) in [6, 6.07) is 8.71. The first-order valence-corrected chi connectivity index (χ1v) is 7.58. The number of para-hydroxylation sites is 1. The second-order valence-electron chi connectivity index (χ2n) is 5.47. The van der Waals surface area contributed by atoms with Gasteiger partial charge in [-0.2, -0.15) is 0 Å². The van der Waals surface area contributed by atoms with Gasteiger partial charge in [-0.1, -0.05) is 18.2 Å². The molecule has 1 N–H and O–H groups in total. The zero-order valence-corrected chi connectivity index (χ0v) is 13.3. The minimum absolute atomic E-state index is 0.249. The summed E-state index contributed by atoms with van der Waals surface area (Å²) in [7, 11) is 1.74. The maximum absolute atomic E-state index is 5.99. The quantitative estimate of drug-likeness (QED) is 0.664. The lowest BCUT2D eigenvalue weighted by atomic mass is 10.1. The van der Waals surface area contributed by atoms with Crippen LogP contribution in [-0.4, -0.2) is 32.4 Å². The van der Waals surface area contributed by atoms with E-state index in [2.05, 4.69) is 32.2 Å². The Morgan fingerprint density at radius 2 is 1.90 bits per heavy atom. The molecule has 0 radical (unpaired) electrons. The van der Waals surface area contributed by atoms with Gasteiger partial charge in [-0.3, -0.25) is 0 Å². The number of aryl methyl sites for hydroxylation is 1. The molecule has 0 heterocycles. The summed E-state index contributed by atoms with van der Waals surface area (Å²) in [5, 5.41) is 3.51. The molecule has 0 spiro atoms. The molecule has 20 heavy (non-hydrogen) atoms. The summed E-state index contributed by atoms with van der Waals surface area (Å²) in [6.45, 7) is 8.30. The van der Waals surface area contributed by atoms with Crippen molar-refractivity contribution < 1.29 is 9.47 Å². The number of benzene rings is 1. The van der Waals surface area contributed by atoms with Gasteiger partial charge in [0.2, 0.25) is 0 Å². The number of rotatable bonds is 10. The van der Waals surface area contributed by atoms with E-state index in [9.17, 15) is 0 Å². The average molecular weight is 279 g/mol. The summed E-state index contributed by atoms with van der Waals surface area (Å²) in [6.07, 6.45) is 3.50. The van der Waals surface area contributed by atoms with Gasteiger partial charge in [-0.15, -0.1) is 0 Å². The Hall–Kier alpha value is -1.06. The molecule has 0 aromatic heterocycles. The highest BCUT2D eigenvalue weighted by Crippen LogP contribution is 2.19. The lowest BCUT2D eigenvalue weighted by Gasteiger charge is -2.19. The molecule has 0 amide bonds. The van der Waals surface area contributed by atoms with Crippen LogP contribution in [-0.2, 0) is 4.74 Å². The van der Waals surface area contributed by atoms with Crippen molar-refractivity contribution in [1.29, 1.82) is 0 Å². The Balaban J connectivity index is 2.19. The molecule has 2 atom stereocenters. The molecule has 1 rings (SSSR count). The summed E-state index contributed by atoms with van der Waals surface area (Å²) in [5.41, 5.74) is 1.20. The lowest BCUT2D eigenvalue weighted by Crippen LogP contribution is -2.29. The fourth-order valence-corrected chi connectivity index (χ4v) is 2.12. The van der Waals surface area contributed by atoms with Crippen LogP contribution < -0.4 is 10.1 Å². The smallest absolute Gasteiger partial charge is 0.122 e. The third kappa shape index (κ3) is 6.92. The normalized spacial score (nSPS) is 14.0. The van der Waals surface area contributed by atoms with Gasteiger partial charge in [0.15, 0.2) is 0 Å². The molecule has 1 aromatic carbocycles. The summed E-state index contributed by atoms with van der Waals surface area (Å²) < 4.78 is 11.0. The fraction of sp³-hybridized carbons (Fsp3) is 0.647. The van der Waals surface area contributed by atoms with E-state index < -0.39 is 0 Å². The van der Waals surface area contributed by atoms with Crippen LogP contribution in [0.15, 0.2) is 24.3 Å². The molecule has 3 heteroatoms. The topological polar surface area (TPSA) is 30.5 Å². The SMILES string of the molecule is COCCCNC(C)CCC(C)Oc1ccccc1C. The molecule has 0 aliphatic rings. The van der Waals surface area contributed by atoms with E-state index in [1.165, 1.54) is 5.56 Å². The molecule has 2 unspecified atom stereocenters. The summed E-state index contributed by atoms with van der Waals surface area (Å²) >= 11 is 0. The zero-order valence-electron chi connectivity index (χ0n) is 13.3. The van der Waals surface area contributed by atoms with Gasteiger partial charge in [-0.05, 0) is 58.2 Å². The Bertz CT molecular complexity index is 368. The lowest BCUT2D eigenvalue weighted by molar-refractivity contribution is 0.189. The molecule has 0 bridgehead atoms.